The molecule has 1 fully saturated rings. The topological polar surface area (TPSA) is 131 Å². The summed E-state index contributed by atoms with van der Waals surface area (Å²) < 4.78 is 44.6. The van der Waals surface area contributed by atoms with Gasteiger partial charge in [0, 0.05) is 30.9 Å². The highest BCUT2D eigenvalue weighted by Crippen LogP contribution is 2.31. The highest BCUT2D eigenvalue weighted by atomic mass is 19.4. The fraction of sp³-hybridized carbons (Fsp3) is 0.238. The van der Waals surface area contributed by atoms with Crippen LogP contribution < -0.4 is 15.6 Å². The highest BCUT2D eigenvalue weighted by molar-refractivity contribution is 5.80. The zero-order valence-corrected chi connectivity index (χ0v) is 18.1. The van der Waals surface area contributed by atoms with Crippen LogP contribution in [0.2, 0.25) is 0 Å². The Kier molecular flexibility index (Phi) is 7.01. The van der Waals surface area contributed by atoms with Crippen LogP contribution >= 0.6 is 0 Å². The van der Waals surface area contributed by atoms with Crippen molar-refractivity contribution in [3.8, 4) is 0 Å². The van der Waals surface area contributed by atoms with Gasteiger partial charge in [0.05, 0.1) is 29.9 Å². The summed E-state index contributed by atoms with van der Waals surface area (Å²) in [6.45, 7) is 2.00. The Morgan fingerprint density at radius 2 is 1.77 bits per heavy atom. The van der Waals surface area contributed by atoms with Gasteiger partial charge in [-0.15, -0.1) is 0 Å². The summed E-state index contributed by atoms with van der Waals surface area (Å²) in [5.41, 5.74) is 2.55. The van der Waals surface area contributed by atoms with Gasteiger partial charge in [0.15, 0.2) is 0 Å². The quantitative estimate of drug-likeness (QED) is 0.289. The molecule has 0 radical (unpaired) electrons. The third kappa shape index (κ3) is 6.38. The van der Waals surface area contributed by atoms with Gasteiger partial charge in [-0.2, -0.15) is 33.2 Å². The molecule has 0 bridgehead atoms. The summed E-state index contributed by atoms with van der Waals surface area (Å²) in [6.07, 6.45) is -3.07. The Balaban J connectivity index is 1.56. The third-order valence-corrected chi connectivity index (χ3v) is 4.85. The van der Waals surface area contributed by atoms with E-state index in [0.717, 1.165) is 12.1 Å². The van der Waals surface area contributed by atoms with Crippen LogP contribution in [0.15, 0.2) is 53.6 Å². The summed E-state index contributed by atoms with van der Waals surface area (Å²) in [4.78, 5) is 25.0. The van der Waals surface area contributed by atoms with Gasteiger partial charge < -0.3 is 15.0 Å². The number of alkyl halides is 3. The third-order valence-electron chi connectivity index (χ3n) is 4.85. The molecule has 3 aromatic rings. The second kappa shape index (κ2) is 10.3. The van der Waals surface area contributed by atoms with E-state index in [1.54, 1.807) is 0 Å². The molecule has 2 aromatic carbocycles. The Morgan fingerprint density at radius 1 is 1.06 bits per heavy atom. The number of hydrogen-bond donors (Lipinski definition) is 2. The molecule has 1 aromatic heterocycles. The van der Waals surface area contributed by atoms with Gasteiger partial charge in [-0.25, -0.2) is 5.43 Å². The van der Waals surface area contributed by atoms with E-state index in [-0.39, 0.29) is 23.3 Å². The number of halogens is 3. The van der Waals surface area contributed by atoms with Crippen molar-refractivity contribution in [1.82, 2.24) is 15.0 Å². The molecule has 0 amide bonds. The number of nitro groups is 1. The standard InChI is InChI=1S/C21H19F3N8O3/c22-21(23,24)15-2-1-3-16(12-15)26-18-27-19(29-20(28-18)31-8-10-35-11-9-31)30-25-13-14-4-6-17(7-5-14)32(33)34/h1-7,12-13H,8-11H2,(H2,26,27,28,29,30)/b25-13+. The van der Waals surface area contributed by atoms with E-state index in [1.165, 1.54) is 42.6 Å². The van der Waals surface area contributed by atoms with E-state index >= 15 is 0 Å². The average molecular weight is 488 g/mol. The number of hydrazone groups is 1. The SMILES string of the molecule is O=[N+]([O-])c1ccc(/C=N/Nc2nc(Nc3cccc(C(F)(F)F)c3)nc(N3CCOCC3)n2)cc1. The minimum atomic E-state index is -4.49. The molecule has 1 saturated heterocycles. The van der Waals surface area contributed by atoms with Crippen LogP contribution in [0.3, 0.4) is 0 Å². The Hall–Kier alpha value is -4.33. The molecule has 1 aliphatic heterocycles. The van der Waals surface area contributed by atoms with Crippen molar-refractivity contribution >= 4 is 35.4 Å². The summed E-state index contributed by atoms with van der Waals surface area (Å²) in [6, 6.07) is 10.4. The lowest BCUT2D eigenvalue weighted by Gasteiger charge is -2.27. The molecule has 0 spiro atoms. The molecule has 4 rings (SSSR count). The predicted molar refractivity (Wildman–Crippen MR) is 122 cm³/mol. The molecule has 2 N–H and O–H groups in total. The first kappa shape index (κ1) is 23.8. The zero-order chi connectivity index (χ0) is 24.8. The van der Waals surface area contributed by atoms with Crippen LogP contribution in [0.4, 0.5) is 42.4 Å². The van der Waals surface area contributed by atoms with Crippen molar-refractivity contribution in [2.24, 2.45) is 5.10 Å². The van der Waals surface area contributed by atoms with Crippen molar-refractivity contribution in [3.05, 3.63) is 69.8 Å². The average Bonchev–Trinajstić information content (AvgIpc) is 2.84. The molecule has 14 heteroatoms. The number of nitrogens with one attached hydrogen (secondary N) is 2. The van der Waals surface area contributed by atoms with E-state index in [0.29, 0.717) is 37.8 Å². The first-order valence-electron chi connectivity index (χ1n) is 10.3. The second-order valence-electron chi connectivity index (χ2n) is 7.30. The number of rotatable bonds is 7. The van der Waals surface area contributed by atoms with Gasteiger partial charge >= 0.3 is 6.18 Å². The number of aromatic nitrogens is 3. The lowest BCUT2D eigenvalue weighted by atomic mass is 10.2. The maximum Gasteiger partial charge on any atom is 0.416 e. The van der Waals surface area contributed by atoms with E-state index < -0.39 is 16.7 Å². The smallest absolute Gasteiger partial charge is 0.378 e. The van der Waals surface area contributed by atoms with Crippen LogP contribution in [0, 0.1) is 10.1 Å². The van der Waals surface area contributed by atoms with E-state index in [2.05, 4.69) is 30.8 Å². The fourth-order valence-corrected chi connectivity index (χ4v) is 3.12. The monoisotopic (exact) mass is 488 g/mol. The van der Waals surface area contributed by atoms with Crippen molar-refractivity contribution in [1.29, 1.82) is 0 Å². The van der Waals surface area contributed by atoms with Crippen LogP contribution in [-0.4, -0.2) is 52.4 Å². The fourth-order valence-electron chi connectivity index (χ4n) is 3.12. The minimum Gasteiger partial charge on any atom is -0.378 e. The normalized spacial score (nSPS) is 14.2. The Bertz CT molecular complexity index is 1220. The Labute approximate surface area is 196 Å². The number of nitro benzene ring substituents is 1. The maximum atomic E-state index is 13.1. The van der Waals surface area contributed by atoms with Crippen molar-refractivity contribution < 1.29 is 22.8 Å². The molecule has 1 aliphatic rings. The molecule has 0 atom stereocenters. The molecule has 11 nitrogen and oxygen atoms in total. The van der Waals surface area contributed by atoms with Crippen LogP contribution in [0.25, 0.3) is 0 Å². The maximum absolute atomic E-state index is 13.1. The molecule has 2 heterocycles. The molecular weight excluding hydrogens is 469 g/mol. The lowest BCUT2D eigenvalue weighted by Crippen LogP contribution is -2.37. The van der Waals surface area contributed by atoms with Crippen LogP contribution in [0.5, 0.6) is 0 Å². The lowest BCUT2D eigenvalue weighted by molar-refractivity contribution is -0.384. The summed E-state index contributed by atoms with van der Waals surface area (Å²) in [5.74, 6) is 0.369. The second-order valence-corrected chi connectivity index (χ2v) is 7.30. The summed E-state index contributed by atoms with van der Waals surface area (Å²) >= 11 is 0. The molecular formula is C21H19F3N8O3. The number of hydrogen-bond acceptors (Lipinski definition) is 10. The van der Waals surface area contributed by atoms with Crippen molar-refractivity contribution in [2.75, 3.05) is 41.9 Å². The van der Waals surface area contributed by atoms with E-state index in [9.17, 15) is 23.3 Å². The molecule has 182 valence electrons. The highest BCUT2D eigenvalue weighted by Gasteiger charge is 2.30. The van der Waals surface area contributed by atoms with Gasteiger partial charge in [0.2, 0.25) is 17.8 Å². The van der Waals surface area contributed by atoms with Crippen LogP contribution in [-0.2, 0) is 10.9 Å². The Morgan fingerprint density at radius 3 is 2.46 bits per heavy atom. The molecule has 35 heavy (non-hydrogen) atoms. The number of anilines is 4. The number of non-ortho nitro benzene ring substituents is 1. The largest absolute Gasteiger partial charge is 0.416 e. The summed E-state index contributed by atoms with van der Waals surface area (Å²) in [5, 5.41) is 17.6. The minimum absolute atomic E-state index is 0.0221. The van der Waals surface area contributed by atoms with Gasteiger partial charge in [0.25, 0.3) is 5.69 Å². The zero-order valence-electron chi connectivity index (χ0n) is 18.1. The summed E-state index contributed by atoms with van der Waals surface area (Å²) in [7, 11) is 0. The predicted octanol–water partition coefficient (Wildman–Crippen LogP) is 3.82. The van der Waals surface area contributed by atoms with Crippen molar-refractivity contribution in [2.45, 2.75) is 6.18 Å². The molecule has 0 aliphatic carbocycles. The van der Waals surface area contributed by atoms with Crippen LogP contribution in [0.1, 0.15) is 11.1 Å². The molecule has 0 saturated carbocycles. The van der Waals surface area contributed by atoms with Crippen molar-refractivity contribution in [3.63, 3.8) is 0 Å². The van der Waals surface area contributed by atoms with Gasteiger partial charge in [-0.05, 0) is 35.9 Å². The number of ether oxygens (including phenoxy) is 1. The van der Waals surface area contributed by atoms with Gasteiger partial charge in [-0.3, -0.25) is 10.1 Å². The number of nitrogens with zero attached hydrogens (tertiary/aromatic N) is 6. The number of benzene rings is 2. The first-order chi connectivity index (χ1) is 16.8. The van der Waals surface area contributed by atoms with E-state index in [1.807, 2.05) is 4.90 Å². The first-order valence-corrected chi connectivity index (χ1v) is 10.3. The van der Waals surface area contributed by atoms with Gasteiger partial charge in [-0.1, -0.05) is 6.07 Å². The molecule has 0 unspecified atom stereocenters. The van der Waals surface area contributed by atoms with Gasteiger partial charge in [0.1, 0.15) is 0 Å². The van der Waals surface area contributed by atoms with E-state index in [4.69, 9.17) is 4.74 Å². The number of morpholine rings is 1.